The highest BCUT2D eigenvalue weighted by Crippen LogP contribution is 2.30. The molecule has 3 unspecified atom stereocenters. The molecule has 0 aliphatic carbocycles. The highest BCUT2D eigenvalue weighted by Gasteiger charge is 2.38. The summed E-state index contributed by atoms with van der Waals surface area (Å²) in [5.74, 6) is 1.21. The SMILES string of the molecule is CC(CN1CC2CC(C1)CN(C(=O)N1CCCCC1)C2)N(Oc1ccc(C#N)cc1)C(=O)O. The quantitative estimate of drug-likeness (QED) is 0.685. The van der Waals surface area contributed by atoms with Crippen LogP contribution in [0.15, 0.2) is 24.3 Å². The van der Waals surface area contributed by atoms with Gasteiger partial charge in [0.2, 0.25) is 0 Å². The number of piperidine rings is 3. The van der Waals surface area contributed by atoms with Gasteiger partial charge in [-0.3, -0.25) is 0 Å². The molecule has 9 heteroatoms. The number of carbonyl (C=O) groups excluding carboxylic acids is 1. The van der Waals surface area contributed by atoms with Crippen molar-refractivity contribution in [3.8, 4) is 11.8 Å². The van der Waals surface area contributed by atoms with E-state index < -0.39 is 6.09 Å². The van der Waals surface area contributed by atoms with Crippen molar-refractivity contribution in [2.24, 2.45) is 11.8 Å². The summed E-state index contributed by atoms with van der Waals surface area (Å²) < 4.78 is 0. The molecule has 9 nitrogen and oxygen atoms in total. The lowest BCUT2D eigenvalue weighted by atomic mass is 9.84. The summed E-state index contributed by atoms with van der Waals surface area (Å²) in [4.78, 5) is 36.8. The molecule has 33 heavy (non-hydrogen) atoms. The minimum Gasteiger partial charge on any atom is -0.463 e. The number of benzene rings is 1. The smallest absolute Gasteiger partial charge is 0.441 e. The lowest BCUT2D eigenvalue weighted by Gasteiger charge is -2.47. The van der Waals surface area contributed by atoms with Crippen LogP contribution in [0.25, 0.3) is 0 Å². The molecule has 3 saturated heterocycles. The zero-order valence-corrected chi connectivity index (χ0v) is 19.2. The molecule has 0 saturated carbocycles. The summed E-state index contributed by atoms with van der Waals surface area (Å²) in [6.07, 6.45) is 3.39. The van der Waals surface area contributed by atoms with Crippen molar-refractivity contribution >= 4 is 12.1 Å². The molecule has 178 valence electrons. The Balaban J connectivity index is 1.32. The summed E-state index contributed by atoms with van der Waals surface area (Å²) in [7, 11) is 0. The number of urea groups is 1. The van der Waals surface area contributed by atoms with Crippen LogP contribution >= 0.6 is 0 Å². The molecule has 1 aromatic rings. The summed E-state index contributed by atoms with van der Waals surface area (Å²) in [6.45, 7) is 7.42. The number of amides is 3. The number of hydrogen-bond donors (Lipinski definition) is 1. The molecule has 0 spiro atoms. The fourth-order valence-electron chi connectivity index (χ4n) is 5.45. The van der Waals surface area contributed by atoms with Crippen LogP contribution in [0.2, 0.25) is 0 Å². The summed E-state index contributed by atoms with van der Waals surface area (Å²) in [6, 6.07) is 8.25. The number of hydrogen-bond acceptors (Lipinski definition) is 5. The summed E-state index contributed by atoms with van der Waals surface area (Å²) >= 11 is 0. The molecule has 3 aliphatic rings. The predicted octanol–water partition coefficient (Wildman–Crippen LogP) is 3.08. The highest BCUT2D eigenvalue weighted by molar-refractivity contribution is 5.74. The Hall–Kier alpha value is -2.99. The van der Waals surface area contributed by atoms with E-state index in [9.17, 15) is 14.7 Å². The predicted molar refractivity (Wildman–Crippen MR) is 122 cm³/mol. The van der Waals surface area contributed by atoms with Crippen molar-refractivity contribution in [2.75, 3.05) is 45.8 Å². The van der Waals surface area contributed by atoms with Gasteiger partial charge in [-0.15, -0.1) is 5.06 Å². The van der Waals surface area contributed by atoms with E-state index in [1.807, 2.05) is 22.8 Å². The molecule has 0 radical (unpaired) electrons. The van der Waals surface area contributed by atoms with E-state index in [1.54, 1.807) is 24.3 Å². The molecule has 2 bridgehead atoms. The van der Waals surface area contributed by atoms with Gasteiger partial charge in [-0.05, 0) is 68.7 Å². The first-order valence-corrected chi connectivity index (χ1v) is 11.9. The Morgan fingerprint density at radius 2 is 1.73 bits per heavy atom. The number of nitriles is 1. The normalized spacial score (nSPS) is 24.0. The topological polar surface area (TPSA) is 100 Å². The molecule has 3 fully saturated rings. The molecule has 1 aromatic carbocycles. The minimum absolute atomic E-state index is 0.194. The molecule has 3 amide bonds. The Kier molecular flexibility index (Phi) is 7.23. The van der Waals surface area contributed by atoms with E-state index in [-0.39, 0.29) is 12.1 Å². The van der Waals surface area contributed by atoms with Gasteiger partial charge in [0.1, 0.15) is 0 Å². The van der Waals surface area contributed by atoms with Crippen LogP contribution in [0.5, 0.6) is 5.75 Å². The molecule has 3 atom stereocenters. The first-order chi connectivity index (χ1) is 15.9. The number of hydroxylamine groups is 2. The largest absolute Gasteiger partial charge is 0.463 e. The van der Waals surface area contributed by atoms with Gasteiger partial charge >= 0.3 is 12.1 Å². The number of fused-ring (bicyclic) bond motifs is 2. The zero-order chi connectivity index (χ0) is 23.4. The van der Waals surface area contributed by atoms with Gasteiger partial charge in [-0.2, -0.15) is 5.26 Å². The molecule has 4 rings (SSSR count). The van der Waals surface area contributed by atoms with Crippen molar-refractivity contribution in [1.82, 2.24) is 19.8 Å². The fourth-order valence-corrected chi connectivity index (χ4v) is 5.45. The standard InChI is InChI=1S/C24H33N5O4/c1-18(29(24(31)32)33-22-7-5-19(12-25)6-8-22)13-26-14-20-11-21(15-26)17-28(16-20)23(30)27-9-3-2-4-10-27/h5-8,18,20-21H,2-4,9-11,13-17H2,1H3,(H,31,32). The van der Waals surface area contributed by atoms with Gasteiger partial charge in [0, 0.05) is 45.8 Å². The Morgan fingerprint density at radius 1 is 1.09 bits per heavy atom. The first-order valence-electron chi connectivity index (χ1n) is 11.9. The van der Waals surface area contributed by atoms with Crippen molar-refractivity contribution in [3.63, 3.8) is 0 Å². The van der Waals surface area contributed by atoms with Crippen molar-refractivity contribution in [2.45, 2.75) is 38.6 Å². The third kappa shape index (κ3) is 5.69. The fraction of sp³-hybridized carbons (Fsp3) is 0.625. The van der Waals surface area contributed by atoms with Crippen LogP contribution in [-0.4, -0.2) is 88.8 Å². The molecular formula is C24H33N5O4. The minimum atomic E-state index is -1.15. The number of likely N-dealkylation sites (tertiary alicyclic amines) is 3. The maximum Gasteiger partial charge on any atom is 0.441 e. The second kappa shape index (κ2) is 10.3. The third-order valence-electron chi connectivity index (χ3n) is 6.85. The van der Waals surface area contributed by atoms with Gasteiger partial charge in [0.05, 0.1) is 17.7 Å². The molecular weight excluding hydrogens is 422 g/mol. The number of carboxylic acid groups (broad SMARTS) is 1. The molecule has 1 N–H and O–H groups in total. The second-order valence-electron chi connectivity index (χ2n) is 9.61. The van der Waals surface area contributed by atoms with E-state index in [1.165, 1.54) is 6.42 Å². The lowest BCUT2D eigenvalue weighted by Crippen LogP contribution is -2.58. The van der Waals surface area contributed by atoms with E-state index >= 15 is 0 Å². The van der Waals surface area contributed by atoms with Crippen molar-refractivity contribution < 1.29 is 19.5 Å². The van der Waals surface area contributed by atoms with Crippen molar-refractivity contribution in [1.29, 1.82) is 5.26 Å². The van der Waals surface area contributed by atoms with Crippen molar-refractivity contribution in [3.05, 3.63) is 29.8 Å². The monoisotopic (exact) mass is 455 g/mol. The van der Waals surface area contributed by atoms with Crippen LogP contribution in [0.4, 0.5) is 9.59 Å². The van der Waals surface area contributed by atoms with E-state index in [0.29, 0.717) is 29.7 Å². The molecule has 3 aliphatic heterocycles. The number of nitrogens with zero attached hydrogens (tertiary/aromatic N) is 5. The number of carbonyl (C=O) groups is 2. The third-order valence-corrected chi connectivity index (χ3v) is 6.85. The van der Waals surface area contributed by atoms with Gasteiger partial charge in [-0.25, -0.2) is 9.59 Å². The second-order valence-corrected chi connectivity index (χ2v) is 9.61. The number of rotatable bonds is 5. The van der Waals surface area contributed by atoms with E-state index in [0.717, 1.165) is 63.6 Å². The molecule has 0 aromatic heterocycles. The summed E-state index contributed by atoms with van der Waals surface area (Å²) in [5, 5.41) is 19.6. The van der Waals surface area contributed by atoms with Gasteiger partial charge in [0.15, 0.2) is 5.75 Å². The Labute approximate surface area is 195 Å². The Bertz CT molecular complexity index is 866. The zero-order valence-electron chi connectivity index (χ0n) is 19.2. The lowest BCUT2D eigenvalue weighted by molar-refractivity contribution is -0.0766. The first kappa shape index (κ1) is 23.2. The van der Waals surface area contributed by atoms with E-state index in [2.05, 4.69) is 4.90 Å². The summed E-state index contributed by atoms with van der Waals surface area (Å²) in [5.41, 5.74) is 0.491. The van der Waals surface area contributed by atoms with Gasteiger partial charge in [-0.1, -0.05) is 0 Å². The van der Waals surface area contributed by atoms with E-state index in [4.69, 9.17) is 10.1 Å². The van der Waals surface area contributed by atoms with Crippen LogP contribution < -0.4 is 4.84 Å². The van der Waals surface area contributed by atoms with Gasteiger partial charge in [0.25, 0.3) is 0 Å². The average molecular weight is 456 g/mol. The Morgan fingerprint density at radius 3 is 2.30 bits per heavy atom. The van der Waals surface area contributed by atoms with Crippen LogP contribution in [-0.2, 0) is 0 Å². The highest BCUT2D eigenvalue weighted by atomic mass is 16.7. The van der Waals surface area contributed by atoms with Crippen LogP contribution in [0.3, 0.4) is 0 Å². The van der Waals surface area contributed by atoms with Crippen LogP contribution in [0, 0.1) is 23.2 Å². The van der Waals surface area contributed by atoms with Crippen LogP contribution in [0.1, 0.15) is 38.2 Å². The molecule has 3 heterocycles. The van der Waals surface area contributed by atoms with Gasteiger partial charge < -0.3 is 24.6 Å². The maximum absolute atomic E-state index is 13.0. The average Bonchev–Trinajstić information content (AvgIpc) is 2.82. The maximum atomic E-state index is 13.0.